The number of aryl methyl sites for hydroxylation is 2. The molecule has 0 saturated carbocycles. The first-order valence-corrected chi connectivity index (χ1v) is 6.10. The molecule has 0 amide bonds. The smallest absolute Gasteiger partial charge is 0.146 e. The van der Waals surface area contributed by atoms with E-state index in [-0.39, 0.29) is 0 Å². The van der Waals surface area contributed by atoms with E-state index in [2.05, 4.69) is 11.1 Å². The molecule has 90 valence electrons. The summed E-state index contributed by atoms with van der Waals surface area (Å²) in [4.78, 5) is 6.67. The van der Waals surface area contributed by atoms with Crippen LogP contribution in [0.3, 0.4) is 0 Å². The number of rotatable bonds is 4. The van der Waals surface area contributed by atoms with Crippen molar-refractivity contribution in [3.8, 4) is 6.07 Å². The minimum Gasteiger partial charge on any atom is -0.359 e. The number of anilines is 1. The van der Waals surface area contributed by atoms with E-state index in [1.807, 2.05) is 18.0 Å². The van der Waals surface area contributed by atoms with E-state index < -0.39 is 0 Å². The quantitative estimate of drug-likeness (QED) is 0.844. The lowest BCUT2D eigenvalue weighted by molar-refractivity contribution is 0.782. The third-order valence-electron chi connectivity index (χ3n) is 3.21. The van der Waals surface area contributed by atoms with Gasteiger partial charge in [0.1, 0.15) is 11.9 Å². The molecule has 0 atom stereocenters. The molecule has 2 rings (SSSR count). The molecule has 1 aromatic heterocycles. The molecule has 1 aromatic rings. The number of hydrogen-bond donors (Lipinski definition) is 1. The Morgan fingerprint density at radius 2 is 2.35 bits per heavy atom. The highest BCUT2D eigenvalue weighted by molar-refractivity contribution is 5.56. The summed E-state index contributed by atoms with van der Waals surface area (Å²) in [5.74, 6) is 0.807. The van der Waals surface area contributed by atoms with Gasteiger partial charge in [0.2, 0.25) is 0 Å². The average molecular weight is 230 g/mol. The second-order valence-corrected chi connectivity index (χ2v) is 4.49. The van der Waals surface area contributed by atoms with Crippen LogP contribution in [-0.2, 0) is 12.8 Å². The van der Waals surface area contributed by atoms with Crippen LogP contribution in [0.15, 0.2) is 6.07 Å². The van der Waals surface area contributed by atoms with Crippen molar-refractivity contribution in [1.82, 2.24) is 4.98 Å². The van der Waals surface area contributed by atoms with Gasteiger partial charge in [-0.3, -0.25) is 0 Å². The number of pyridine rings is 1. The second-order valence-electron chi connectivity index (χ2n) is 4.49. The Morgan fingerprint density at radius 1 is 1.53 bits per heavy atom. The first-order valence-electron chi connectivity index (χ1n) is 6.10. The Hall–Kier alpha value is -1.60. The number of hydrogen-bond acceptors (Lipinski definition) is 4. The van der Waals surface area contributed by atoms with Crippen LogP contribution < -0.4 is 10.6 Å². The molecule has 17 heavy (non-hydrogen) atoms. The van der Waals surface area contributed by atoms with Gasteiger partial charge >= 0.3 is 0 Å². The molecule has 0 aliphatic heterocycles. The van der Waals surface area contributed by atoms with Crippen LogP contribution in [0.25, 0.3) is 0 Å². The Balaban J connectivity index is 2.29. The van der Waals surface area contributed by atoms with Gasteiger partial charge in [-0.15, -0.1) is 0 Å². The molecule has 4 heteroatoms. The van der Waals surface area contributed by atoms with Crippen molar-refractivity contribution in [3.05, 3.63) is 22.9 Å². The third-order valence-corrected chi connectivity index (χ3v) is 3.21. The van der Waals surface area contributed by atoms with E-state index in [1.54, 1.807) is 0 Å². The Kier molecular flexibility index (Phi) is 3.60. The summed E-state index contributed by atoms with van der Waals surface area (Å²) in [7, 11) is 1.97. The largest absolute Gasteiger partial charge is 0.359 e. The predicted molar refractivity (Wildman–Crippen MR) is 67.9 cm³/mol. The maximum atomic E-state index is 9.18. The third kappa shape index (κ3) is 2.40. The van der Waals surface area contributed by atoms with Crippen molar-refractivity contribution >= 4 is 5.82 Å². The van der Waals surface area contributed by atoms with Gasteiger partial charge in [-0.05, 0) is 43.9 Å². The fourth-order valence-corrected chi connectivity index (χ4v) is 2.27. The maximum Gasteiger partial charge on any atom is 0.146 e. The lowest BCUT2D eigenvalue weighted by Gasteiger charge is -2.19. The van der Waals surface area contributed by atoms with Gasteiger partial charge in [-0.25, -0.2) is 4.98 Å². The Morgan fingerprint density at radius 3 is 3.06 bits per heavy atom. The van der Waals surface area contributed by atoms with E-state index in [0.29, 0.717) is 12.1 Å². The molecular weight excluding hydrogens is 212 g/mol. The summed E-state index contributed by atoms with van der Waals surface area (Å²) in [5, 5.41) is 9.18. The topological polar surface area (TPSA) is 65.9 Å². The Labute approximate surface area is 102 Å². The fraction of sp³-hybridized carbons (Fsp3) is 0.538. The molecule has 0 aromatic carbocycles. The van der Waals surface area contributed by atoms with E-state index >= 15 is 0 Å². The molecule has 2 N–H and O–H groups in total. The van der Waals surface area contributed by atoms with Crippen molar-refractivity contribution in [1.29, 1.82) is 5.26 Å². The van der Waals surface area contributed by atoms with Crippen LogP contribution in [0.5, 0.6) is 0 Å². The molecule has 0 saturated heterocycles. The maximum absolute atomic E-state index is 9.18. The van der Waals surface area contributed by atoms with Crippen molar-refractivity contribution in [2.45, 2.75) is 25.7 Å². The van der Waals surface area contributed by atoms with Crippen LogP contribution in [0, 0.1) is 11.3 Å². The highest BCUT2D eigenvalue weighted by Gasteiger charge is 2.18. The monoisotopic (exact) mass is 230 g/mol. The summed E-state index contributed by atoms with van der Waals surface area (Å²) < 4.78 is 0. The fourth-order valence-electron chi connectivity index (χ4n) is 2.27. The van der Waals surface area contributed by atoms with Gasteiger partial charge in [-0.2, -0.15) is 5.26 Å². The number of nitrogens with zero attached hydrogens (tertiary/aromatic N) is 3. The standard InChI is InChI=1S/C13H18N4/c1-17(7-3-6-14)13-11(9-15)8-10-4-2-5-12(10)16-13/h8H,2-7,14H2,1H3. The van der Waals surface area contributed by atoms with Crippen molar-refractivity contribution in [2.75, 3.05) is 25.0 Å². The number of aromatic nitrogens is 1. The van der Waals surface area contributed by atoms with E-state index in [1.165, 1.54) is 11.3 Å². The van der Waals surface area contributed by atoms with E-state index in [0.717, 1.165) is 38.0 Å². The SMILES string of the molecule is CN(CCCN)c1nc2c(cc1C#N)CCC2. The molecule has 1 aliphatic carbocycles. The van der Waals surface area contributed by atoms with Crippen LogP contribution >= 0.6 is 0 Å². The lowest BCUT2D eigenvalue weighted by atomic mass is 10.1. The summed E-state index contributed by atoms with van der Waals surface area (Å²) in [5.41, 5.74) is 8.60. The van der Waals surface area contributed by atoms with E-state index in [4.69, 9.17) is 5.73 Å². The minimum absolute atomic E-state index is 0.664. The lowest BCUT2D eigenvalue weighted by Crippen LogP contribution is -2.23. The van der Waals surface area contributed by atoms with Gasteiger partial charge in [0, 0.05) is 19.3 Å². The molecule has 4 nitrogen and oxygen atoms in total. The normalized spacial score (nSPS) is 13.2. The second kappa shape index (κ2) is 5.15. The first-order chi connectivity index (χ1) is 8.26. The van der Waals surface area contributed by atoms with Crippen LogP contribution in [0.2, 0.25) is 0 Å². The van der Waals surface area contributed by atoms with Crippen LogP contribution in [-0.4, -0.2) is 25.1 Å². The van der Waals surface area contributed by atoms with E-state index in [9.17, 15) is 5.26 Å². The number of fused-ring (bicyclic) bond motifs is 1. The molecule has 0 spiro atoms. The first kappa shape index (κ1) is 11.9. The van der Waals surface area contributed by atoms with Crippen molar-refractivity contribution in [3.63, 3.8) is 0 Å². The predicted octanol–water partition coefficient (Wildman–Crippen LogP) is 1.23. The highest BCUT2D eigenvalue weighted by Crippen LogP contribution is 2.26. The van der Waals surface area contributed by atoms with Gasteiger partial charge in [0.15, 0.2) is 0 Å². The average Bonchev–Trinajstić information content (AvgIpc) is 2.81. The molecular formula is C13H18N4. The highest BCUT2D eigenvalue weighted by atomic mass is 15.2. The molecule has 0 unspecified atom stereocenters. The summed E-state index contributed by atoms with van der Waals surface area (Å²) in [6, 6.07) is 4.25. The molecule has 1 aliphatic rings. The molecule has 0 fully saturated rings. The van der Waals surface area contributed by atoms with Crippen LogP contribution in [0.4, 0.5) is 5.82 Å². The summed E-state index contributed by atoms with van der Waals surface area (Å²) in [6.45, 7) is 1.51. The Bertz CT molecular complexity index is 447. The molecule has 1 heterocycles. The molecule has 0 radical (unpaired) electrons. The van der Waals surface area contributed by atoms with Crippen molar-refractivity contribution < 1.29 is 0 Å². The van der Waals surface area contributed by atoms with Crippen LogP contribution in [0.1, 0.15) is 29.7 Å². The van der Waals surface area contributed by atoms with Gasteiger partial charge in [-0.1, -0.05) is 0 Å². The summed E-state index contributed by atoms with van der Waals surface area (Å²) >= 11 is 0. The van der Waals surface area contributed by atoms with Gasteiger partial charge in [0.05, 0.1) is 5.56 Å². The summed E-state index contributed by atoms with van der Waals surface area (Å²) in [6.07, 6.45) is 4.17. The minimum atomic E-state index is 0.664. The zero-order valence-electron chi connectivity index (χ0n) is 10.2. The zero-order valence-corrected chi connectivity index (χ0v) is 10.2. The van der Waals surface area contributed by atoms with Crippen molar-refractivity contribution in [2.24, 2.45) is 5.73 Å². The van der Waals surface area contributed by atoms with Gasteiger partial charge < -0.3 is 10.6 Å². The number of nitrogens with two attached hydrogens (primary N) is 1. The number of nitriles is 1. The zero-order chi connectivity index (χ0) is 12.3. The molecule has 0 bridgehead atoms. The van der Waals surface area contributed by atoms with Gasteiger partial charge in [0.25, 0.3) is 0 Å².